The molecule has 1 unspecified atom stereocenters. The highest BCUT2D eigenvalue weighted by molar-refractivity contribution is 7.91. The number of amides is 1. The summed E-state index contributed by atoms with van der Waals surface area (Å²) in [7, 11) is -1.32. The van der Waals surface area contributed by atoms with Gasteiger partial charge in [0.2, 0.25) is 5.91 Å². The van der Waals surface area contributed by atoms with Gasteiger partial charge in [0.05, 0.1) is 17.4 Å². The van der Waals surface area contributed by atoms with Gasteiger partial charge in [0.1, 0.15) is 0 Å². The Bertz CT molecular complexity index is 566. The third-order valence-corrected chi connectivity index (χ3v) is 5.13. The Morgan fingerprint density at radius 2 is 2.00 bits per heavy atom. The van der Waals surface area contributed by atoms with E-state index >= 15 is 0 Å². The second-order valence-corrected chi connectivity index (χ2v) is 7.26. The van der Waals surface area contributed by atoms with Crippen molar-refractivity contribution in [2.75, 3.05) is 24.3 Å². The molecule has 1 atom stereocenters. The third kappa shape index (κ3) is 3.47. The standard InChI is InChI=1S/C13H18N2O3S/c1-15(8-10-2-4-12(14)5-3-10)13(16)11-6-7-19(17,18)9-11/h2-5,11H,6-9,14H2,1H3. The van der Waals surface area contributed by atoms with E-state index in [1.54, 1.807) is 24.1 Å². The largest absolute Gasteiger partial charge is 0.399 e. The van der Waals surface area contributed by atoms with Crippen molar-refractivity contribution in [2.24, 2.45) is 5.92 Å². The molecule has 19 heavy (non-hydrogen) atoms. The molecule has 1 aromatic carbocycles. The first-order chi connectivity index (χ1) is 8.87. The van der Waals surface area contributed by atoms with E-state index in [1.807, 2.05) is 12.1 Å². The molecule has 2 rings (SSSR count). The van der Waals surface area contributed by atoms with E-state index in [2.05, 4.69) is 0 Å². The van der Waals surface area contributed by atoms with Crippen molar-refractivity contribution in [1.29, 1.82) is 0 Å². The van der Waals surface area contributed by atoms with Crippen LogP contribution in [0.25, 0.3) is 0 Å². The van der Waals surface area contributed by atoms with Crippen molar-refractivity contribution >= 4 is 21.4 Å². The SMILES string of the molecule is CN(Cc1ccc(N)cc1)C(=O)C1CCS(=O)(=O)C1. The number of sulfone groups is 1. The minimum atomic E-state index is -3.02. The lowest BCUT2D eigenvalue weighted by Crippen LogP contribution is -2.33. The molecule has 6 heteroatoms. The minimum absolute atomic E-state index is 0.0160. The summed E-state index contributed by atoms with van der Waals surface area (Å²) in [6.07, 6.45) is 0.438. The van der Waals surface area contributed by atoms with Crippen molar-refractivity contribution in [3.05, 3.63) is 29.8 Å². The Hall–Kier alpha value is -1.56. The lowest BCUT2D eigenvalue weighted by atomic mass is 10.1. The molecule has 1 fully saturated rings. The van der Waals surface area contributed by atoms with Crippen LogP contribution in [0.15, 0.2) is 24.3 Å². The summed E-state index contributed by atoms with van der Waals surface area (Å²) < 4.78 is 22.8. The van der Waals surface area contributed by atoms with Crippen LogP contribution in [0.1, 0.15) is 12.0 Å². The molecular weight excluding hydrogens is 264 g/mol. The number of anilines is 1. The van der Waals surface area contributed by atoms with Gasteiger partial charge in [0, 0.05) is 19.3 Å². The number of carbonyl (C=O) groups excluding carboxylic acids is 1. The Balaban J connectivity index is 1.98. The normalized spacial score (nSPS) is 21.2. The molecule has 0 bridgehead atoms. The molecule has 1 saturated heterocycles. The van der Waals surface area contributed by atoms with Crippen molar-refractivity contribution < 1.29 is 13.2 Å². The maximum atomic E-state index is 12.1. The number of rotatable bonds is 3. The highest BCUT2D eigenvalue weighted by Crippen LogP contribution is 2.21. The van der Waals surface area contributed by atoms with Crippen LogP contribution in [-0.2, 0) is 21.2 Å². The van der Waals surface area contributed by atoms with E-state index in [0.29, 0.717) is 18.7 Å². The molecule has 1 aliphatic rings. The maximum Gasteiger partial charge on any atom is 0.226 e. The molecule has 0 spiro atoms. The zero-order chi connectivity index (χ0) is 14.0. The van der Waals surface area contributed by atoms with E-state index in [0.717, 1.165) is 5.56 Å². The number of hydrogen-bond acceptors (Lipinski definition) is 4. The second-order valence-electron chi connectivity index (χ2n) is 5.04. The number of hydrogen-bond donors (Lipinski definition) is 1. The van der Waals surface area contributed by atoms with Gasteiger partial charge in [-0.15, -0.1) is 0 Å². The van der Waals surface area contributed by atoms with Crippen molar-refractivity contribution in [3.8, 4) is 0 Å². The smallest absolute Gasteiger partial charge is 0.226 e. The van der Waals surface area contributed by atoms with Gasteiger partial charge < -0.3 is 10.6 Å². The highest BCUT2D eigenvalue weighted by Gasteiger charge is 2.34. The predicted octanol–water partition coefficient (Wildman–Crippen LogP) is 0.662. The van der Waals surface area contributed by atoms with E-state index in [4.69, 9.17) is 5.73 Å². The zero-order valence-electron chi connectivity index (χ0n) is 10.9. The zero-order valence-corrected chi connectivity index (χ0v) is 11.7. The number of benzene rings is 1. The highest BCUT2D eigenvalue weighted by atomic mass is 32.2. The van der Waals surface area contributed by atoms with Gasteiger partial charge in [-0.05, 0) is 24.1 Å². The van der Waals surface area contributed by atoms with Gasteiger partial charge in [0.25, 0.3) is 0 Å². The Morgan fingerprint density at radius 1 is 1.37 bits per heavy atom. The second kappa shape index (κ2) is 5.21. The van der Waals surface area contributed by atoms with Crippen molar-refractivity contribution in [3.63, 3.8) is 0 Å². The average molecular weight is 282 g/mol. The third-order valence-electron chi connectivity index (χ3n) is 3.36. The summed E-state index contributed by atoms with van der Waals surface area (Å²) in [5.41, 5.74) is 7.26. The van der Waals surface area contributed by atoms with Gasteiger partial charge in [-0.2, -0.15) is 0 Å². The molecule has 104 valence electrons. The first kappa shape index (κ1) is 13.9. The number of nitrogen functional groups attached to an aromatic ring is 1. The maximum absolute atomic E-state index is 12.1. The van der Waals surface area contributed by atoms with E-state index < -0.39 is 9.84 Å². The van der Waals surface area contributed by atoms with Gasteiger partial charge >= 0.3 is 0 Å². The van der Waals surface area contributed by atoms with Gasteiger partial charge in [-0.25, -0.2) is 8.42 Å². The minimum Gasteiger partial charge on any atom is -0.399 e. The summed E-state index contributed by atoms with van der Waals surface area (Å²) in [6, 6.07) is 7.30. The topological polar surface area (TPSA) is 80.5 Å². The van der Waals surface area contributed by atoms with Crippen molar-refractivity contribution in [1.82, 2.24) is 4.90 Å². The molecular formula is C13H18N2O3S. The summed E-state index contributed by atoms with van der Waals surface area (Å²) in [6.45, 7) is 0.468. The van der Waals surface area contributed by atoms with Gasteiger partial charge in [0.15, 0.2) is 9.84 Å². The fourth-order valence-corrected chi connectivity index (χ4v) is 4.01. The fraction of sp³-hybridized carbons (Fsp3) is 0.462. The fourth-order valence-electron chi connectivity index (χ4n) is 2.28. The molecule has 1 heterocycles. The van der Waals surface area contributed by atoms with Crippen LogP contribution in [0.5, 0.6) is 0 Å². The number of nitrogens with zero attached hydrogens (tertiary/aromatic N) is 1. The van der Waals surface area contributed by atoms with Crippen LogP contribution in [0.3, 0.4) is 0 Å². The van der Waals surface area contributed by atoms with E-state index in [-0.39, 0.29) is 23.3 Å². The van der Waals surface area contributed by atoms with E-state index in [1.165, 1.54) is 0 Å². The quantitative estimate of drug-likeness (QED) is 0.826. The predicted molar refractivity (Wildman–Crippen MR) is 74.1 cm³/mol. The molecule has 1 aromatic rings. The molecule has 0 saturated carbocycles. The first-order valence-electron chi connectivity index (χ1n) is 6.17. The van der Waals surface area contributed by atoms with Crippen LogP contribution < -0.4 is 5.73 Å². The monoisotopic (exact) mass is 282 g/mol. The van der Waals surface area contributed by atoms with Crippen LogP contribution in [0.2, 0.25) is 0 Å². The molecule has 0 aliphatic carbocycles. The number of carbonyl (C=O) groups is 1. The number of nitrogens with two attached hydrogens (primary N) is 1. The van der Waals surface area contributed by atoms with Crippen LogP contribution in [0.4, 0.5) is 5.69 Å². The molecule has 1 amide bonds. The lowest BCUT2D eigenvalue weighted by molar-refractivity contribution is -0.133. The summed E-state index contributed by atoms with van der Waals surface area (Å²) >= 11 is 0. The van der Waals surface area contributed by atoms with Gasteiger partial charge in [-0.1, -0.05) is 12.1 Å². The first-order valence-corrected chi connectivity index (χ1v) is 7.99. The summed E-state index contributed by atoms with van der Waals surface area (Å²) in [5, 5.41) is 0. The van der Waals surface area contributed by atoms with Crippen LogP contribution >= 0.6 is 0 Å². The summed E-state index contributed by atoms with van der Waals surface area (Å²) in [4.78, 5) is 13.7. The van der Waals surface area contributed by atoms with Gasteiger partial charge in [-0.3, -0.25) is 4.79 Å². The van der Waals surface area contributed by atoms with Crippen molar-refractivity contribution in [2.45, 2.75) is 13.0 Å². The lowest BCUT2D eigenvalue weighted by Gasteiger charge is -2.20. The summed E-state index contributed by atoms with van der Waals surface area (Å²) in [5.74, 6) is -0.376. The Morgan fingerprint density at radius 3 is 2.53 bits per heavy atom. The molecule has 1 aliphatic heterocycles. The molecule has 5 nitrogen and oxygen atoms in total. The average Bonchev–Trinajstić information content (AvgIpc) is 2.71. The Kier molecular flexibility index (Phi) is 3.80. The molecule has 0 aromatic heterocycles. The molecule has 2 N–H and O–H groups in total. The molecule has 0 radical (unpaired) electrons. The van der Waals surface area contributed by atoms with Crippen LogP contribution in [0, 0.1) is 5.92 Å². The Labute approximate surface area is 113 Å². The van der Waals surface area contributed by atoms with Crippen LogP contribution in [-0.4, -0.2) is 37.8 Å². The van der Waals surface area contributed by atoms with E-state index in [9.17, 15) is 13.2 Å².